The molecule has 168 valence electrons. The van der Waals surface area contributed by atoms with Gasteiger partial charge >= 0.3 is 0 Å². The highest BCUT2D eigenvalue weighted by Gasteiger charge is 2.22. The molecular weight excluding hydrogens is 428 g/mol. The van der Waals surface area contributed by atoms with Crippen molar-refractivity contribution in [3.63, 3.8) is 0 Å². The van der Waals surface area contributed by atoms with Gasteiger partial charge in [-0.05, 0) is 54.2 Å². The summed E-state index contributed by atoms with van der Waals surface area (Å²) in [5.74, 6) is 1.52. The van der Waals surface area contributed by atoms with Crippen LogP contribution in [0, 0.1) is 5.92 Å². The molecule has 33 heavy (non-hydrogen) atoms. The highest BCUT2D eigenvalue weighted by atomic mass is 32.2. The minimum atomic E-state index is 0.150. The zero-order chi connectivity index (χ0) is 22.6. The maximum absolute atomic E-state index is 12.9. The third kappa shape index (κ3) is 4.96. The van der Waals surface area contributed by atoms with Crippen LogP contribution in [0.4, 0.5) is 0 Å². The topological polar surface area (TPSA) is 51.0 Å². The zero-order valence-corrected chi connectivity index (χ0v) is 19.7. The number of carbonyl (C=O) groups excluding carboxylic acids is 1. The van der Waals surface area contributed by atoms with Crippen LogP contribution in [0.25, 0.3) is 11.2 Å². The van der Waals surface area contributed by atoms with Gasteiger partial charge in [-0.2, -0.15) is 0 Å². The summed E-state index contributed by atoms with van der Waals surface area (Å²) in [5, 5.41) is 0.954. The normalized spacial score (nSPS) is 16.3. The third-order valence-corrected chi connectivity index (χ3v) is 7.21. The van der Waals surface area contributed by atoms with E-state index in [4.69, 9.17) is 4.98 Å². The van der Waals surface area contributed by atoms with E-state index in [2.05, 4.69) is 52.9 Å². The van der Waals surface area contributed by atoms with Crippen LogP contribution >= 0.6 is 11.8 Å². The highest BCUT2D eigenvalue weighted by Crippen LogP contribution is 2.27. The van der Waals surface area contributed by atoms with E-state index in [1.54, 1.807) is 11.8 Å². The second-order valence-electron chi connectivity index (χ2n) is 8.80. The van der Waals surface area contributed by atoms with Crippen LogP contribution in [-0.2, 0) is 12.3 Å². The number of pyridine rings is 1. The molecular formula is C27H28N4OS. The van der Waals surface area contributed by atoms with Crippen LogP contribution < -0.4 is 0 Å². The number of likely N-dealkylation sites (tertiary alicyclic amines) is 1. The number of rotatable bonds is 6. The molecule has 0 saturated carbocycles. The molecule has 1 amide bonds. The predicted molar refractivity (Wildman–Crippen MR) is 133 cm³/mol. The van der Waals surface area contributed by atoms with E-state index in [-0.39, 0.29) is 5.91 Å². The third-order valence-electron chi connectivity index (χ3n) is 6.17. The number of benzene rings is 2. The highest BCUT2D eigenvalue weighted by molar-refractivity contribution is 7.98. The van der Waals surface area contributed by atoms with Crippen molar-refractivity contribution in [1.29, 1.82) is 0 Å². The second kappa shape index (κ2) is 9.79. The lowest BCUT2D eigenvalue weighted by atomic mass is 9.99. The first-order valence-electron chi connectivity index (χ1n) is 11.5. The summed E-state index contributed by atoms with van der Waals surface area (Å²) in [6, 6.07) is 22.4. The average molecular weight is 457 g/mol. The van der Waals surface area contributed by atoms with Crippen molar-refractivity contribution in [2.75, 3.05) is 13.1 Å². The standard InChI is InChI=1S/C27H28N4OS/c1-20-7-6-16-30(17-20)26(32)23-13-11-22(12-14-23)19-33-27-29-24-10-5-15-28-25(24)31(27)18-21-8-3-2-4-9-21/h2-5,8-15,20H,6-7,16-19H2,1H3/t20-/m0/s1. The number of hydrogen-bond donors (Lipinski definition) is 0. The molecule has 0 bridgehead atoms. The van der Waals surface area contributed by atoms with Crippen LogP contribution in [0.2, 0.25) is 0 Å². The van der Waals surface area contributed by atoms with E-state index in [1.165, 1.54) is 17.5 Å². The average Bonchev–Trinajstić information content (AvgIpc) is 3.20. The number of hydrogen-bond acceptors (Lipinski definition) is 4. The molecule has 3 heterocycles. The van der Waals surface area contributed by atoms with E-state index in [9.17, 15) is 4.79 Å². The maximum Gasteiger partial charge on any atom is 0.253 e. The van der Waals surface area contributed by atoms with Crippen molar-refractivity contribution in [3.8, 4) is 0 Å². The summed E-state index contributed by atoms with van der Waals surface area (Å²) >= 11 is 1.70. The fourth-order valence-corrected chi connectivity index (χ4v) is 5.36. The molecule has 0 radical (unpaired) electrons. The smallest absolute Gasteiger partial charge is 0.253 e. The van der Waals surface area contributed by atoms with Crippen molar-refractivity contribution in [1.82, 2.24) is 19.4 Å². The molecule has 0 N–H and O–H groups in total. The van der Waals surface area contributed by atoms with Gasteiger partial charge in [-0.1, -0.05) is 61.2 Å². The first-order valence-corrected chi connectivity index (χ1v) is 12.5. The Hall–Kier alpha value is -3.12. The minimum Gasteiger partial charge on any atom is -0.338 e. The van der Waals surface area contributed by atoms with Gasteiger partial charge in [0.25, 0.3) is 5.91 Å². The van der Waals surface area contributed by atoms with Crippen LogP contribution in [0.15, 0.2) is 78.1 Å². The number of piperidine rings is 1. The number of aromatic nitrogens is 3. The first-order chi connectivity index (χ1) is 16.2. The summed E-state index contributed by atoms with van der Waals surface area (Å²) < 4.78 is 2.19. The van der Waals surface area contributed by atoms with Crippen molar-refractivity contribution < 1.29 is 4.79 Å². The number of thioether (sulfide) groups is 1. The lowest BCUT2D eigenvalue weighted by Crippen LogP contribution is -2.39. The molecule has 0 spiro atoms. The van der Waals surface area contributed by atoms with Gasteiger partial charge in [-0.15, -0.1) is 0 Å². The van der Waals surface area contributed by atoms with E-state index < -0.39 is 0 Å². The Balaban J connectivity index is 1.30. The molecule has 0 aliphatic carbocycles. The molecule has 1 aliphatic rings. The van der Waals surface area contributed by atoms with Crippen molar-refractivity contribution in [2.24, 2.45) is 5.92 Å². The molecule has 2 aromatic carbocycles. The van der Waals surface area contributed by atoms with Gasteiger partial charge in [-0.3, -0.25) is 9.36 Å². The Kier molecular flexibility index (Phi) is 6.44. The van der Waals surface area contributed by atoms with Crippen LogP contribution in [-0.4, -0.2) is 38.4 Å². The van der Waals surface area contributed by atoms with Gasteiger partial charge in [0.1, 0.15) is 5.52 Å². The number of nitrogens with zero attached hydrogens (tertiary/aromatic N) is 4. The zero-order valence-electron chi connectivity index (χ0n) is 18.9. The van der Waals surface area contributed by atoms with Crippen LogP contribution in [0.1, 0.15) is 41.3 Å². The Morgan fingerprint density at radius 3 is 2.64 bits per heavy atom. The summed E-state index contributed by atoms with van der Waals surface area (Å²) in [6.45, 7) is 4.69. The van der Waals surface area contributed by atoms with E-state index in [1.807, 2.05) is 41.4 Å². The number of imidazole rings is 1. The number of amides is 1. The molecule has 2 aromatic heterocycles. The second-order valence-corrected chi connectivity index (χ2v) is 9.74. The summed E-state index contributed by atoms with van der Waals surface area (Å²) in [6.07, 6.45) is 4.13. The summed E-state index contributed by atoms with van der Waals surface area (Å²) in [5.41, 5.74) is 4.99. The summed E-state index contributed by atoms with van der Waals surface area (Å²) in [7, 11) is 0. The molecule has 1 atom stereocenters. The number of carbonyl (C=O) groups is 1. The Morgan fingerprint density at radius 1 is 1.03 bits per heavy atom. The fraction of sp³-hybridized carbons (Fsp3) is 0.296. The molecule has 0 unspecified atom stereocenters. The van der Waals surface area contributed by atoms with Gasteiger partial charge < -0.3 is 4.90 Å². The van der Waals surface area contributed by atoms with Crippen molar-refractivity contribution in [3.05, 3.63) is 89.6 Å². The SMILES string of the molecule is C[C@H]1CCCN(C(=O)c2ccc(CSc3nc4cccnc4n3Cc3ccccc3)cc2)C1. The van der Waals surface area contributed by atoms with Crippen LogP contribution in [0.5, 0.6) is 0 Å². The van der Waals surface area contributed by atoms with Gasteiger partial charge in [-0.25, -0.2) is 9.97 Å². The predicted octanol–water partition coefficient (Wildman–Crippen LogP) is 5.64. The number of fused-ring (bicyclic) bond motifs is 1. The largest absolute Gasteiger partial charge is 0.338 e. The Bertz CT molecular complexity index is 1240. The molecule has 4 aromatic rings. The molecule has 1 fully saturated rings. The lowest BCUT2D eigenvalue weighted by molar-refractivity contribution is 0.0683. The molecule has 5 nitrogen and oxygen atoms in total. The van der Waals surface area contributed by atoms with Crippen LogP contribution in [0.3, 0.4) is 0 Å². The van der Waals surface area contributed by atoms with E-state index in [0.717, 1.165) is 53.7 Å². The summed E-state index contributed by atoms with van der Waals surface area (Å²) in [4.78, 5) is 24.3. The molecule has 5 rings (SSSR count). The van der Waals surface area contributed by atoms with Gasteiger partial charge in [0.05, 0.1) is 6.54 Å². The van der Waals surface area contributed by atoms with Gasteiger partial charge in [0, 0.05) is 30.6 Å². The monoisotopic (exact) mass is 456 g/mol. The fourth-order valence-electron chi connectivity index (χ4n) is 4.40. The Morgan fingerprint density at radius 2 is 1.85 bits per heavy atom. The van der Waals surface area contributed by atoms with Crippen molar-refractivity contribution in [2.45, 2.75) is 37.2 Å². The molecule has 1 aliphatic heterocycles. The quantitative estimate of drug-likeness (QED) is 0.352. The minimum absolute atomic E-state index is 0.150. The van der Waals surface area contributed by atoms with E-state index in [0.29, 0.717) is 5.92 Å². The van der Waals surface area contributed by atoms with E-state index >= 15 is 0 Å². The Labute approximate surface area is 198 Å². The van der Waals surface area contributed by atoms with Gasteiger partial charge in [0.2, 0.25) is 0 Å². The molecule has 1 saturated heterocycles. The maximum atomic E-state index is 12.9. The first kappa shape index (κ1) is 21.7. The van der Waals surface area contributed by atoms with Crippen molar-refractivity contribution >= 4 is 28.8 Å². The lowest BCUT2D eigenvalue weighted by Gasteiger charge is -2.31. The van der Waals surface area contributed by atoms with Gasteiger partial charge in [0.15, 0.2) is 10.8 Å². The molecule has 6 heteroatoms.